The van der Waals surface area contributed by atoms with Gasteiger partial charge in [0.15, 0.2) is 5.96 Å². The zero-order valence-electron chi connectivity index (χ0n) is 19.8. The van der Waals surface area contributed by atoms with Crippen LogP contribution in [-0.2, 0) is 11.3 Å². The molecule has 1 rings (SSSR count). The molecule has 0 heterocycles. The molecule has 0 aliphatic rings. The molecule has 0 aliphatic carbocycles. The lowest BCUT2D eigenvalue weighted by Crippen LogP contribution is -2.54. The van der Waals surface area contributed by atoms with Crippen LogP contribution in [0.1, 0.15) is 40.2 Å². The molecule has 1 amide bonds. The molecular formula is C22H39N5O3. The van der Waals surface area contributed by atoms with Crippen LogP contribution in [0.2, 0.25) is 0 Å². The van der Waals surface area contributed by atoms with Crippen LogP contribution in [0, 0.1) is 0 Å². The second-order valence-corrected chi connectivity index (χ2v) is 9.09. The molecule has 0 unspecified atom stereocenters. The molecule has 0 fully saturated rings. The molecule has 0 radical (unpaired) electrons. The van der Waals surface area contributed by atoms with Crippen LogP contribution in [0.3, 0.4) is 0 Å². The van der Waals surface area contributed by atoms with Crippen molar-refractivity contribution in [1.82, 2.24) is 20.9 Å². The van der Waals surface area contributed by atoms with E-state index in [1.807, 2.05) is 73.0 Å². The molecule has 0 atom stereocenters. The number of aliphatic imine (C=N–C) groups is 1. The van der Waals surface area contributed by atoms with Crippen molar-refractivity contribution in [2.75, 3.05) is 40.8 Å². The van der Waals surface area contributed by atoms with Gasteiger partial charge in [-0.1, -0.05) is 12.1 Å². The summed E-state index contributed by atoms with van der Waals surface area (Å²) in [5, 5.41) is 9.40. The van der Waals surface area contributed by atoms with Crippen molar-refractivity contribution in [3.63, 3.8) is 0 Å². The van der Waals surface area contributed by atoms with E-state index in [0.29, 0.717) is 25.7 Å². The van der Waals surface area contributed by atoms with Gasteiger partial charge in [-0.15, -0.1) is 0 Å². The fourth-order valence-electron chi connectivity index (χ4n) is 2.43. The molecule has 0 bridgehead atoms. The number of amides is 1. The minimum Gasteiger partial charge on any atom is -0.492 e. The average molecular weight is 422 g/mol. The molecule has 0 aromatic heterocycles. The van der Waals surface area contributed by atoms with Gasteiger partial charge in [-0.25, -0.2) is 4.79 Å². The Morgan fingerprint density at radius 3 is 2.43 bits per heavy atom. The van der Waals surface area contributed by atoms with Crippen molar-refractivity contribution in [3.8, 4) is 5.75 Å². The van der Waals surface area contributed by atoms with Crippen molar-refractivity contribution in [1.29, 1.82) is 0 Å². The maximum absolute atomic E-state index is 12.0. The van der Waals surface area contributed by atoms with E-state index in [0.717, 1.165) is 17.9 Å². The van der Waals surface area contributed by atoms with E-state index in [2.05, 4.69) is 25.8 Å². The molecule has 1 aromatic rings. The van der Waals surface area contributed by atoms with Crippen molar-refractivity contribution in [3.05, 3.63) is 29.8 Å². The molecule has 1 aromatic carbocycles. The monoisotopic (exact) mass is 421 g/mol. The third-order valence-corrected chi connectivity index (χ3v) is 3.93. The summed E-state index contributed by atoms with van der Waals surface area (Å²) in [5.74, 6) is 1.50. The van der Waals surface area contributed by atoms with Gasteiger partial charge >= 0.3 is 6.09 Å². The summed E-state index contributed by atoms with van der Waals surface area (Å²) >= 11 is 0. The van der Waals surface area contributed by atoms with E-state index >= 15 is 0 Å². The van der Waals surface area contributed by atoms with Crippen LogP contribution >= 0.6 is 0 Å². The maximum Gasteiger partial charge on any atom is 0.408 e. The Balaban J connectivity index is 2.50. The topological polar surface area (TPSA) is 87.2 Å². The molecule has 0 spiro atoms. The van der Waals surface area contributed by atoms with Crippen molar-refractivity contribution in [2.45, 2.75) is 52.3 Å². The number of guanidine groups is 1. The standard InChI is InChI=1S/C22H39N5O3/c1-21(2,3)30-20(28)26-22(4,5)16-25-19(23-6)24-15-17-10-9-11-18(14-17)29-13-12-27(7)8/h9-11,14H,12-13,15-16H2,1-8H3,(H,26,28)(H2,23,24,25). The average Bonchev–Trinajstić information content (AvgIpc) is 2.59. The first-order valence-corrected chi connectivity index (χ1v) is 10.2. The van der Waals surface area contributed by atoms with E-state index in [1.165, 1.54) is 0 Å². The second kappa shape index (κ2) is 11.6. The highest BCUT2D eigenvalue weighted by Crippen LogP contribution is 2.13. The molecule has 170 valence electrons. The highest BCUT2D eigenvalue weighted by atomic mass is 16.6. The molecular weight excluding hydrogens is 382 g/mol. The number of nitrogens with one attached hydrogen (secondary N) is 3. The molecule has 8 nitrogen and oxygen atoms in total. The van der Waals surface area contributed by atoms with Gasteiger partial charge in [0.05, 0.1) is 5.54 Å². The Morgan fingerprint density at radius 1 is 1.13 bits per heavy atom. The number of nitrogens with zero attached hydrogens (tertiary/aromatic N) is 2. The first kappa shape index (κ1) is 25.6. The summed E-state index contributed by atoms with van der Waals surface area (Å²) in [6.45, 7) is 12.0. The smallest absolute Gasteiger partial charge is 0.408 e. The lowest BCUT2D eigenvalue weighted by molar-refractivity contribution is 0.0474. The summed E-state index contributed by atoms with van der Waals surface area (Å²) in [7, 11) is 5.75. The van der Waals surface area contributed by atoms with Crippen LogP contribution in [0.5, 0.6) is 5.75 Å². The number of hydrogen-bond acceptors (Lipinski definition) is 5. The number of rotatable bonds is 9. The van der Waals surface area contributed by atoms with Gasteiger partial charge in [0.25, 0.3) is 0 Å². The summed E-state index contributed by atoms with van der Waals surface area (Å²) in [4.78, 5) is 18.4. The van der Waals surface area contributed by atoms with Crippen molar-refractivity contribution in [2.24, 2.45) is 4.99 Å². The SMILES string of the molecule is CN=C(NCc1cccc(OCCN(C)C)c1)NCC(C)(C)NC(=O)OC(C)(C)C. The lowest BCUT2D eigenvalue weighted by Gasteiger charge is -2.29. The predicted octanol–water partition coefficient (Wildman–Crippen LogP) is 2.60. The first-order chi connectivity index (χ1) is 13.9. The number of carbonyl (C=O) groups excluding carboxylic acids is 1. The van der Waals surface area contributed by atoms with Gasteiger partial charge in [0.1, 0.15) is 18.0 Å². The number of carbonyl (C=O) groups is 1. The molecule has 30 heavy (non-hydrogen) atoms. The fourth-order valence-corrected chi connectivity index (χ4v) is 2.43. The summed E-state index contributed by atoms with van der Waals surface area (Å²) in [6.07, 6.45) is -0.441. The molecule has 0 aliphatic heterocycles. The van der Waals surface area contributed by atoms with Gasteiger partial charge in [-0.2, -0.15) is 0 Å². The fraction of sp³-hybridized carbons (Fsp3) is 0.636. The van der Waals surface area contributed by atoms with E-state index in [9.17, 15) is 4.79 Å². The van der Waals surface area contributed by atoms with Gasteiger partial charge in [-0.05, 0) is 66.4 Å². The third-order valence-electron chi connectivity index (χ3n) is 3.93. The Hall–Kier alpha value is -2.48. The minimum absolute atomic E-state index is 0.441. The van der Waals surface area contributed by atoms with Gasteiger partial charge < -0.3 is 30.3 Å². The van der Waals surface area contributed by atoms with E-state index in [-0.39, 0.29) is 0 Å². The van der Waals surface area contributed by atoms with E-state index in [1.54, 1.807) is 7.05 Å². The minimum atomic E-state index is -0.532. The van der Waals surface area contributed by atoms with E-state index < -0.39 is 17.2 Å². The van der Waals surface area contributed by atoms with Crippen LogP contribution in [0.4, 0.5) is 4.79 Å². The Kier molecular flexibility index (Phi) is 9.92. The zero-order chi connectivity index (χ0) is 22.8. The number of benzene rings is 1. The number of alkyl carbamates (subject to hydrolysis) is 1. The number of likely N-dealkylation sites (N-methyl/N-ethyl adjacent to an activating group) is 1. The second-order valence-electron chi connectivity index (χ2n) is 9.09. The first-order valence-electron chi connectivity index (χ1n) is 10.2. The Morgan fingerprint density at radius 2 is 1.83 bits per heavy atom. The molecule has 3 N–H and O–H groups in total. The van der Waals surface area contributed by atoms with Crippen LogP contribution in [-0.4, -0.2) is 68.9 Å². The van der Waals surface area contributed by atoms with Gasteiger partial charge in [0, 0.05) is 26.7 Å². The van der Waals surface area contributed by atoms with Crippen LogP contribution < -0.4 is 20.7 Å². The number of hydrogen-bond donors (Lipinski definition) is 3. The maximum atomic E-state index is 12.0. The third kappa shape index (κ3) is 11.5. The summed E-state index contributed by atoms with van der Waals surface area (Å²) in [5.41, 5.74) is 0.0437. The van der Waals surface area contributed by atoms with Crippen LogP contribution in [0.15, 0.2) is 29.3 Å². The zero-order valence-corrected chi connectivity index (χ0v) is 19.8. The largest absolute Gasteiger partial charge is 0.492 e. The quantitative estimate of drug-likeness (QED) is 0.420. The predicted molar refractivity (Wildman–Crippen MR) is 122 cm³/mol. The normalized spacial score (nSPS) is 12.5. The molecule has 0 saturated heterocycles. The summed E-state index contributed by atoms with van der Waals surface area (Å²) < 4.78 is 11.1. The number of ether oxygens (including phenoxy) is 2. The Labute approximate surface area is 181 Å². The molecule has 0 saturated carbocycles. The molecule has 8 heteroatoms. The highest BCUT2D eigenvalue weighted by Gasteiger charge is 2.24. The van der Waals surface area contributed by atoms with Crippen molar-refractivity contribution < 1.29 is 14.3 Å². The van der Waals surface area contributed by atoms with Crippen LogP contribution in [0.25, 0.3) is 0 Å². The Bertz CT molecular complexity index is 696. The van der Waals surface area contributed by atoms with Crippen molar-refractivity contribution >= 4 is 12.1 Å². The van der Waals surface area contributed by atoms with E-state index in [4.69, 9.17) is 9.47 Å². The van der Waals surface area contributed by atoms with Gasteiger partial charge in [-0.3, -0.25) is 4.99 Å². The lowest BCUT2D eigenvalue weighted by atomic mass is 10.1. The van der Waals surface area contributed by atoms with Gasteiger partial charge in [0.2, 0.25) is 0 Å². The highest BCUT2D eigenvalue weighted by molar-refractivity contribution is 5.79. The summed E-state index contributed by atoms with van der Waals surface area (Å²) in [6, 6.07) is 7.99.